The average molecular weight is 252 g/mol. The molecule has 1 heterocycles. The average Bonchev–Trinajstić information content (AvgIpc) is 2.67. The number of halogens is 3. The molecule has 1 saturated heterocycles. The topological polar surface area (TPSA) is 32.3 Å². The van der Waals surface area contributed by atoms with Gasteiger partial charge in [-0.3, -0.25) is 9.69 Å². The molecule has 100 valence electrons. The summed E-state index contributed by atoms with van der Waals surface area (Å²) in [6.45, 7) is 5.41. The first-order valence-corrected chi connectivity index (χ1v) is 6.00. The molecule has 1 aliphatic rings. The number of likely N-dealkylation sites (tertiary alicyclic amines) is 1. The molecule has 1 unspecified atom stereocenters. The Morgan fingerprint density at radius 2 is 2.00 bits per heavy atom. The van der Waals surface area contributed by atoms with E-state index in [9.17, 15) is 18.0 Å². The van der Waals surface area contributed by atoms with Gasteiger partial charge in [-0.05, 0) is 19.3 Å². The Morgan fingerprint density at radius 1 is 1.41 bits per heavy atom. The molecular formula is C11H19F3N2O. The van der Waals surface area contributed by atoms with Gasteiger partial charge >= 0.3 is 12.1 Å². The van der Waals surface area contributed by atoms with Crippen molar-refractivity contribution in [2.24, 2.45) is 0 Å². The maximum Gasteiger partial charge on any atom is 0.471 e. The molecule has 0 saturated carbocycles. The smallest absolute Gasteiger partial charge is 0.344 e. The van der Waals surface area contributed by atoms with Gasteiger partial charge in [-0.15, -0.1) is 0 Å². The molecule has 0 aromatic carbocycles. The summed E-state index contributed by atoms with van der Waals surface area (Å²) in [5.74, 6) is -1.83. The van der Waals surface area contributed by atoms with Crippen LogP contribution in [0.4, 0.5) is 13.2 Å². The predicted molar refractivity (Wildman–Crippen MR) is 58.5 cm³/mol. The number of hydrogen-bond acceptors (Lipinski definition) is 2. The van der Waals surface area contributed by atoms with E-state index in [-0.39, 0.29) is 6.04 Å². The van der Waals surface area contributed by atoms with Crippen LogP contribution in [0, 0.1) is 0 Å². The number of amides is 1. The molecule has 1 amide bonds. The van der Waals surface area contributed by atoms with E-state index < -0.39 is 12.1 Å². The van der Waals surface area contributed by atoms with Crippen molar-refractivity contribution in [3.05, 3.63) is 0 Å². The highest BCUT2D eigenvalue weighted by Crippen LogP contribution is 2.19. The highest BCUT2D eigenvalue weighted by molar-refractivity contribution is 5.81. The molecule has 1 atom stereocenters. The summed E-state index contributed by atoms with van der Waals surface area (Å²) in [4.78, 5) is 12.9. The molecule has 17 heavy (non-hydrogen) atoms. The molecule has 0 bridgehead atoms. The van der Waals surface area contributed by atoms with Crippen molar-refractivity contribution in [1.29, 1.82) is 0 Å². The molecule has 0 aliphatic carbocycles. The number of hydrogen-bond donors (Lipinski definition) is 1. The molecule has 3 nitrogen and oxygen atoms in total. The molecule has 1 N–H and O–H groups in total. The molecule has 1 rings (SSSR count). The Hall–Kier alpha value is -0.780. The van der Waals surface area contributed by atoms with E-state index in [1.54, 1.807) is 0 Å². The lowest BCUT2D eigenvalue weighted by atomic mass is 10.1. The highest BCUT2D eigenvalue weighted by Gasteiger charge is 2.40. The SMILES string of the molecule is CCC(CC)N1CCC(NC(=O)C(F)(F)F)C1. The zero-order valence-electron chi connectivity index (χ0n) is 10.2. The van der Waals surface area contributed by atoms with Gasteiger partial charge in [0.25, 0.3) is 0 Å². The zero-order chi connectivity index (χ0) is 13.1. The standard InChI is InChI=1S/C11H19F3N2O/c1-3-9(4-2)16-6-5-8(7-16)15-10(17)11(12,13)14/h8-9H,3-7H2,1-2H3,(H,15,17). The summed E-state index contributed by atoms with van der Waals surface area (Å²) in [7, 11) is 0. The van der Waals surface area contributed by atoms with E-state index >= 15 is 0 Å². The molecule has 6 heteroatoms. The van der Waals surface area contributed by atoms with Crippen LogP contribution in [0.5, 0.6) is 0 Å². The third kappa shape index (κ3) is 3.87. The van der Waals surface area contributed by atoms with Gasteiger partial charge in [-0.1, -0.05) is 13.8 Å². The number of carbonyl (C=O) groups is 1. The Morgan fingerprint density at radius 3 is 2.47 bits per heavy atom. The van der Waals surface area contributed by atoms with Crippen molar-refractivity contribution in [1.82, 2.24) is 10.2 Å². The van der Waals surface area contributed by atoms with Crippen LogP contribution >= 0.6 is 0 Å². The molecule has 1 fully saturated rings. The third-order valence-electron chi connectivity index (χ3n) is 3.27. The number of rotatable bonds is 4. The minimum Gasteiger partial charge on any atom is -0.344 e. The van der Waals surface area contributed by atoms with Crippen LogP contribution in [0.25, 0.3) is 0 Å². The summed E-state index contributed by atoms with van der Waals surface area (Å²) in [6.07, 6.45) is -2.21. The fourth-order valence-electron chi connectivity index (χ4n) is 2.31. The maximum atomic E-state index is 12.1. The van der Waals surface area contributed by atoms with E-state index in [2.05, 4.69) is 18.7 Å². The fraction of sp³-hybridized carbons (Fsp3) is 0.909. The molecule has 0 aromatic rings. The van der Waals surface area contributed by atoms with Crippen molar-refractivity contribution >= 4 is 5.91 Å². The quantitative estimate of drug-likeness (QED) is 0.829. The summed E-state index contributed by atoms with van der Waals surface area (Å²) in [6, 6.07) is 0.0347. The highest BCUT2D eigenvalue weighted by atomic mass is 19.4. The molecule has 0 radical (unpaired) electrons. The van der Waals surface area contributed by atoms with Gasteiger partial charge in [0.15, 0.2) is 0 Å². The van der Waals surface area contributed by atoms with Crippen LogP contribution < -0.4 is 5.32 Å². The fourth-order valence-corrected chi connectivity index (χ4v) is 2.31. The van der Waals surface area contributed by atoms with Crippen LogP contribution in [-0.4, -0.2) is 42.2 Å². The lowest BCUT2D eigenvalue weighted by Crippen LogP contribution is -2.45. The molecule has 0 spiro atoms. The normalized spacial score (nSPS) is 22.1. The van der Waals surface area contributed by atoms with Crippen LogP contribution in [-0.2, 0) is 4.79 Å². The van der Waals surface area contributed by atoms with Crippen molar-refractivity contribution in [3.63, 3.8) is 0 Å². The van der Waals surface area contributed by atoms with Crippen LogP contribution in [0.1, 0.15) is 33.1 Å². The van der Waals surface area contributed by atoms with Crippen molar-refractivity contribution < 1.29 is 18.0 Å². The van der Waals surface area contributed by atoms with Crippen molar-refractivity contribution in [3.8, 4) is 0 Å². The summed E-state index contributed by atoms with van der Waals surface area (Å²) in [5, 5.41) is 2.05. The molecule has 1 aliphatic heterocycles. The monoisotopic (exact) mass is 252 g/mol. The van der Waals surface area contributed by atoms with Crippen LogP contribution in [0.2, 0.25) is 0 Å². The summed E-state index contributed by atoms with van der Waals surface area (Å²) >= 11 is 0. The summed E-state index contributed by atoms with van der Waals surface area (Å²) in [5.41, 5.74) is 0. The second-order valence-corrected chi connectivity index (χ2v) is 4.42. The van der Waals surface area contributed by atoms with E-state index in [1.165, 1.54) is 0 Å². The van der Waals surface area contributed by atoms with Gasteiger partial charge in [0.1, 0.15) is 0 Å². The van der Waals surface area contributed by atoms with Crippen LogP contribution in [0.3, 0.4) is 0 Å². The number of nitrogens with one attached hydrogen (secondary N) is 1. The van der Waals surface area contributed by atoms with Crippen molar-refractivity contribution in [2.75, 3.05) is 13.1 Å². The number of nitrogens with zero attached hydrogens (tertiary/aromatic N) is 1. The molecule has 0 aromatic heterocycles. The minimum absolute atomic E-state index is 0.371. The largest absolute Gasteiger partial charge is 0.471 e. The first-order chi connectivity index (χ1) is 7.88. The lowest BCUT2D eigenvalue weighted by Gasteiger charge is -2.25. The van der Waals surface area contributed by atoms with Gasteiger partial charge < -0.3 is 5.32 Å². The molecular weight excluding hydrogens is 233 g/mol. The number of alkyl halides is 3. The Balaban J connectivity index is 2.43. The van der Waals surface area contributed by atoms with Gasteiger partial charge in [-0.2, -0.15) is 13.2 Å². The number of carbonyl (C=O) groups excluding carboxylic acids is 1. The Kier molecular flexibility index (Phi) is 4.80. The van der Waals surface area contributed by atoms with Gasteiger partial charge in [-0.25, -0.2) is 0 Å². The van der Waals surface area contributed by atoms with E-state index in [1.807, 2.05) is 5.32 Å². The first-order valence-electron chi connectivity index (χ1n) is 6.00. The zero-order valence-corrected chi connectivity index (χ0v) is 10.2. The first kappa shape index (κ1) is 14.3. The second-order valence-electron chi connectivity index (χ2n) is 4.42. The predicted octanol–water partition coefficient (Wildman–Crippen LogP) is 1.93. The second kappa shape index (κ2) is 5.71. The maximum absolute atomic E-state index is 12.1. The third-order valence-corrected chi connectivity index (χ3v) is 3.27. The van der Waals surface area contributed by atoms with E-state index in [0.29, 0.717) is 19.0 Å². The van der Waals surface area contributed by atoms with Gasteiger partial charge in [0.2, 0.25) is 0 Å². The van der Waals surface area contributed by atoms with E-state index in [4.69, 9.17) is 0 Å². The minimum atomic E-state index is -4.78. The Bertz CT molecular complexity index is 264. The lowest BCUT2D eigenvalue weighted by molar-refractivity contribution is -0.174. The van der Waals surface area contributed by atoms with Gasteiger partial charge in [0.05, 0.1) is 0 Å². The van der Waals surface area contributed by atoms with Crippen molar-refractivity contribution in [2.45, 2.75) is 51.4 Å². The van der Waals surface area contributed by atoms with E-state index in [0.717, 1.165) is 19.4 Å². The Labute approximate surface area is 99.4 Å². The van der Waals surface area contributed by atoms with Gasteiger partial charge in [0, 0.05) is 25.2 Å². The summed E-state index contributed by atoms with van der Waals surface area (Å²) < 4.78 is 36.2. The van der Waals surface area contributed by atoms with Crippen LogP contribution in [0.15, 0.2) is 0 Å².